The molecule has 36 heavy (non-hydrogen) atoms. The van der Waals surface area contributed by atoms with Crippen molar-refractivity contribution in [3.63, 3.8) is 0 Å². The van der Waals surface area contributed by atoms with Crippen LogP contribution in [0, 0.1) is 0 Å². The van der Waals surface area contributed by atoms with Gasteiger partial charge in [0.05, 0.1) is 6.17 Å². The normalized spacial score (nSPS) is 21.2. The topological polar surface area (TPSA) is 177 Å². The molecule has 1 saturated heterocycles. The monoisotopic (exact) mass is 501 g/mol. The van der Waals surface area contributed by atoms with Gasteiger partial charge in [0.2, 0.25) is 0 Å². The molecule has 0 aliphatic carbocycles. The van der Waals surface area contributed by atoms with Crippen LogP contribution in [0.25, 0.3) is 0 Å². The third kappa shape index (κ3) is 5.93. The summed E-state index contributed by atoms with van der Waals surface area (Å²) in [6.07, 6.45) is -3.69. The van der Waals surface area contributed by atoms with E-state index in [0.29, 0.717) is 11.7 Å². The number of amides is 1. The molecule has 2 aliphatic heterocycles. The zero-order chi connectivity index (χ0) is 26.6. The first kappa shape index (κ1) is 26.9. The van der Waals surface area contributed by atoms with Crippen molar-refractivity contribution in [3.8, 4) is 5.75 Å². The molecule has 0 saturated carbocycles. The molecule has 4 rings (SSSR count). The van der Waals surface area contributed by atoms with Gasteiger partial charge < -0.3 is 30.5 Å². The van der Waals surface area contributed by atoms with Crippen LogP contribution in [0.15, 0.2) is 42.5 Å². The van der Waals surface area contributed by atoms with Crippen LogP contribution in [-0.2, 0) is 15.0 Å². The molecule has 0 unspecified atom stereocenters. The van der Waals surface area contributed by atoms with Gasteiger partial charge in [0.1, 0.15) is 5.75 Å². The van der Waals surface area contributed by atoms with Gasteiger partial charge in [-0.1, -0.05) is 32.9 Å². The molecule has 0 aromatic heterocycles. The van der Waals surface area contributed by atoms with E-state index in [2.05, 4.69) is 36.7 Å². The Balaban J connectivity index is 0.000000308. The van der Waals surface area contributed by atoms with E-state index in [1.165, 1.54) is 11.1 Å². The second kappa shape index (κ2) is 10.9. The van der Waals surface area contributed by atoms with Gasteiger partial charge in [0.25, 0.3) is 0 Å². The molecule has 194 valence electrons. The Bertz CT molecular complexity index is 1100. The molecule has 7 N–H and O–H groups in total. The fourth-order valence-corrected chi connectivity index (χ4v) is 4.16. The summed E-state index contributed by atoms with van der Waals surface area (Å²) in [5.41, 5.74) is 4.33. The summed E-state index contributed by atoms with van der Waals surface area (Å²) in [7, 11) is 0. The van der Waals surface area contributed by atoms with Gasteiger partial charge in [-0.3, -0.25) is 10.6 Å². The Morgan fingerprint density at radius 1 is 1.03 bits per heavy atom. The molecule has 2 heterocycles. The Kier molecular flexibility index (Phi) is 8.18. The molecule has 1 fully saturated rings. The van der Waals surface area contributed by atoms with Gasteiger partial charge in [-0.15, -0.1) is 0 Å². The smallest absolute Gasteiger partial charge is 0.417 e. The highest BCUT2D eigenvalue weighted by molar-refractivity contribution is 5.86. The average molecular weight is 502 g/mol. The molecule has 2 aliphatic rings. The van der Waals surface area contributed by atoms with Crippen LogP contribution in [0.3, 0.4) is 0 Å². The van der Waals surface area contributed by atoms with E-state index < -0.39 is 30.2 Å². The maximum atomic E-state index is 12.2. The highest BCUT2D eigenvalue weighted by atomic mass is 16.6. The number of aliphatic carboxylic acids is 2. The van der Waals surface area contributed by atoms with Crippen LogP contribution in [0.4, 0.5) is 16.2 Å². The number of fused-ring (bicyclic) bond motifs is 3. The van der Waals surface area contributed by atoms with Crippen molar-refractivity contribution < 1.29 is 39.5 Å². The highest BCUT2D eigenvalue weighted by Crippen LogP contribution is 2.46. The predicted octanol–water partition coefficient (Wildman–Crippen LogP) is 2.30. The van der Waals surface area contributed by atoms with Gasteiger partial charge in [-0.05, 0) is 60.3 Å². The van der Waals surface area contributed by atoms with Crippen molar-refractivity contribution in [1.82, 2.24) is 5.32 Å². The van der Waals surface area contributed by atoms with Gasteiger partial charge in [-0.25, -0.2) is 14.4 Å². The summed E-state index contributed by atoms with van der Waals surface area (Å²) in [4.78, 5) is 31.8. The minimum atomic E-state index is -2.27. The molecule has 11 heteroatoms. The molecular weight excluding hydrogens is 470 g/mol. The predicted molar refractivity (Wildman–Crippen MR) is 131 cm³/mol. The standard InChI is InChI=1S/C21H25N3O2.C4H6O6/c1-13(2)14-4-6-15(7-5-14)23-20(25)26-16-8-9-18-17(12-16)21(3)10-11-22-19(21)24-18;5-1(3(7)8)2(6)4(9)10/h4-9,12-13,19,22,24H,10-11H2,1-3H3,(H,23,25);1-2,5-6H,(H,7,8)(H,9,10)/t19-,21+;1-,2-/m11/s1. The number of hydrogen-bond donors (Lipinski definition) is 7. The fourth-order valence-electron chi connectivity index (χ4n) is 4.16. The fraction of sp³-hybridized carbons (Fsp3) is 0.400. The first-order valence-corrected chi connectivity index (χ1v) is 11.5. The minimum Gasteiger partial charge on any atom is -0.479 e. The Hall–Kier alpha value is -3.67. The first-order chi connectivity index (χ1) is 16.9. The van der Waals surface area contributed by atoms with Gasteiger partial charge in [0.15, 0.2) is 12.2 Å². The molecule has 0 spiro atoms. The maximum absolute atomic E-state index is 12.2. The third-order valence-electron chi connectivity index (χ3n) is 6.38. The lowest BCUT2D eigenvalue weighted by Gasteiger charge is -2.23. The van der Waals surface area contributed by atoms with E-state index in [0.717, 1.165) is 24.3 Å². The number of rotatable bonds is 6. The van der Waals surface area contributed by atoms with Gasteiger partial charge in [0, 0.05) is 16.8 Å². The van der Waals surface area contributed by atoms with E-state index in [1.807, 2.05) is 42.5 Å². The summed E-state index contributed by atoms with van der Waals surface area (Å²) in [5.74, 6) is -2.51. The van der Waals surface area contributed by atoms with Crippen LogP contribution in [-0.4, -0.2) is 63.4 Å². The molecule has 2 aromatic rings. The molecule has 4 atom stereocenters. The number of hydrogen-bond acceptors (Lipinski definition) is 8. The number of carbonyl (C=O) groups is 3. The minimum absolute atomic E-state index is 0.0395. The van der Waals surface area contributed by atoms with E-state index in [4.69, 9.17) is 25.2 Å². The lowest BCUT2D eigenvalue weighted by atomic mass is 9.81. The zero-order valence-electron chi connectivity index (χ0n) is 20.2. The van der Waals surface area contributed by atoms with Crippen molar-refractivity contribution in [2.24, 2.45) is 0 Å². The first-order valence-electron chi connectivity index (χ1n) is 11.5. The van der Waals surface area contributed by atoms with Crippen LogP contribution in [0.5, 0.6) is 5.75 Å². The zero-order valence-corrected chi connectivity index (χ0v) is 20.2. The summed E-state index contributed by atoms with van der Waals surface area (Å²) >= 11 is 0. The largest absolute Gasteiger partial charge is 0.479 e. The Labute approximate surface area is 208 Å². The highest BCUT2D eigenvalue weighted by Gasteiger charge is 2.46. The summed E-state index contributed by atoms with van der Waals surface area (Å²) in [6.45, 7) is 7.52. The quantitative estimate of drug-likeness (QED) is 0.311. The lowest BCUT2D eigenvalue weighted by Crippen LogP contribution is -2.39. The van der Waals surface area contributed by atoms with Crippen molar-refractivity contribution in [2.75, 3.05) is 17.2 Å². The number of aliphatic hydroxyl groups excluding tert-OH is 2. The number of ether oxygens (including phenoxy) is 1. The molecule has 0 bridgehead atoms. The van der Waals surface area contributed by atoms with Crippen molar-refractivity contribution in [2.45, 2.75) is 56.9 Å². The average Bonchev–Trinajstić information content (AvgIpc) is 3.32. The SMILES string of the molecule is CC(C)c1ccc(NC(=O)Oc2ccc3c(c2)[C@]2(C)CCN[C@@H]2N3)cc1.O=C(O)[C@H](O)[C@@H](O)C(=O)O. The number of benzene rings is 2. The van der Waals surface area contributed by atoms with Gasteiger partial charge in [-0.2, -0.15) is 0 Å². The van der Waals surface area contributed by atoms with Crippen molar-refractivity contribution >= 4 is 29.4 Å². The summed E-state index contributed by atoms with van der Waals surface area (Å²) < 4.78 is 5.52. The van der Waals surface area contributed by atoms with E-state index in [9.17, 15) is 14.4 Å². The number of anilines is 2. The molecule has 0 radical (unpaired) electrons. The van der Waals surface area contributed by atoms with Crippen molar-refractivity contribution in [1.29, 1.82) is 0 Å². The Morgan fingerprint density at radius 3 is 2.19 bits per heavy atom. The number of carbonyl (C=O) groups excluding carboxylic acids is 1. The molecule has 2 aromatic carbocycles. The van der Waals surface area contributed by atoms with E-state index in [1.54, 1.807) is 0 Å². The lowest BCUT2D eigenvalue weighted by molar-refractivity contribution is -0.165. The number of aliphatic hydroxyl groups is 2. The Morgan fingerprint density at radius 2 is 1.64 bits per heavy atom. The summed E-state index contributed by atoms with van der Waals surface area (Å²) in [6, 6.07) is 13.7. The maximum Gasteiger partial charge on any atom is 0.417 e. The number of carboxylic acids is 2. The second-order valence-corrected chi connectivity index (χ2v) is 9.26. The van der Waals surface area contributed by atoms with Gasteiger partial charge >= 0.3 is 18.0 Å². The van der Waals surface area contributed by atoms with Crippen LogP contribution in [0.1, 0.15) is 44.2 Å². The van der Waals surface area contributed by atoms with E-state index >= 15 is 0 Å². The van der Waals surface area contributed by atoms with Crippen LogP contribution < -0.4 is 20.7 Å². The van der Waals surface area contributed by atoms with Crippen LogP contribution >= 0.6 is 0 Å². The number of carboxylic acid groups (broad SMARTS) is 2. The molecular formula is C25H31N3O8. The number of nitrogens with one attached hydrogen (secondary N) is 3. The molecule has 1 amide bonds. The van der Waals surface area contributed by atoms with E-state index in [-0.39, 0.29) is 11.6 Å². The molecule has 11 nitrogen and oxygen atoms in total. The summed E-state index contributed by atoms with van der Waals surface area (Å²) in [5, 5.41) is 42.3. The van der Waals surface area contributed by atoms with Crippen molar-refractivity contribution in [3.05, 3.63) is 53.6 Å². The third-order valence-corrected chi connectivity index (χ3v) is 6.38. The second-order valence-electron chi connectivity index (χ2n) is 9.26. The van der Waals surface area contributed by atoms with Crippen LogP contribution in [0.2, 0.25) is 0 Å².